The van der Waals surface area contributed by atoms with E-state index in [2.05, 4.69) is 25.3 Å². The van der Waals surface area contributed by atoms with Crippen LogP contribution in [-0.2, 0) is 16.1 Å². The van der Waals surface area contributed by atoms with E-state index in [-0.39, 0.29) is 19.1 Å². The first-order valence-electron chi connectivity index (χ1n) is 8.41. The third kappa shape index (κ3) is 6.23. The number of nitrogens with two attached hydrogens (primary N) is 2. The molecule has 2 heterocycles. The highest BCUT2D eigenvalue weighted by Gasteiger charge is 2.20. The van der Waals surface area contributed by atoms with E-state index in [0.717, 1.165) is 12.8 Å². The summed E-state index contributed by atoms with van der Waals surface area (Å²) in [6.45, 7) is 0.550. The van der Waals surface area contributed by atoms with E-state index in [1.165, 1.54) is 6.33 Å². The van der Waals surface area contributed by atoms with Crippen LogP contribution < -0.4 is 16.8 Å². The number of nitrogens with one attached hydrogen (secondary N) is 1. The molecular weight excluding hydrogens is 392 g/mol. The third-order valence-electron chi connectivity index (χ3n) is 3.68. The van der Waals surface area contributed by atoms with E-state index in [9.17, 15) is 9.59 Å². The Kier molecular flexibility index (Phi) is 7.75. The van der Waals surface area contributed by atoms with E-state index < -0.39 is 18.1 Å². The minimum absolute atomic E-state index is 0.152. The Bertz CT molecular complexity index is 852. The van der Waals surface area contributed by atoms with E-state index in [1.807, 2.05) is 4.57 Å². The number of fused-ring (bicyclic) bond motifs is 1. The van der Waals surface area contributed by atoms with Gasteiger partial charge in [-0.3, -0.25) is 4.99 Å². The molecule has 28 heavy (non-hydrogen) atoms. The average molecular weight is 413 g/mol. The van der Waals surface area contributed by atoms with Crippen molar-refractivity contribution in [2.24, 2.45) is 16.5 Å². The maximum absolute atomic E-state index is 11.7. The lowest BCUT2D eigenvalue weighted by Gasteiger charge is -2.12. The van der Waals surface area contributed by atoms with Crippen molar-refractivity contribution in [3.05, 3.63) is 17.8 Å². The number of amides is 1. The number of hydrogen-bond donors (Lipinski definition) is 4. The maximum Gasteiger partial charge on any atom is 0.407 e. The van der Waals surface area contributed by atoms with Gasteiger partial charge in [-0.1, -0.05) is 11.6 Å². The van der Waals surface area contributed by atoms with Gasteiger partial charge in [0.25, 0.3) is 0 Å². The molecule has 2 aromatic heterocycles. The predicted octanol–water partition coefficient (Wildman–Crippen LogP) is 0.103. The van der Waals surface area contributed by atoms with Crippen LogP contribution >= 0.6 is 11.6 Å². The quantitative estimate of drug-likeness (QED) is 0.182. The summed E-state index contributed by atoms with van der Waals surface area (Å²) in [6.07, 6.45) is 4.39. The van der Waals surface area contributed by atoms with Crippen LogP contribution in [0, 0.1) is 0 Å². The molecule has 0 spiro atoms. The van der Waals surface area contributed by atoms with E-state index in [0.29, 0.717) is 29.3 Å². The number of aryl methyl sites for hydroxylation is 1. The van der Waals surface area contributed by atoms with Crippen LogP contribution in [0.5, 0.6) is 0 Å². The molecule has 0 aliphatic heterocycles. The number of ether oxygens (including phenoxy) is 1. The van der Waals surface area contributed by atoms with Gasteiger partial charge in [0.2, 0.25) is 0 Å². The van der Waals surface area contributed by atoms with Crippen LogP contribution in [0.25, 0.3) is 11.2 Å². The highest BCUT2D eigenvalue weighted by molar-refractivity contribution is 6.33. The zero-order chi connectivity index (χ0) is 20.5. The minimum Gasteiger partial charge on any atom is -0.480 e. The number of guanidine groups is 1. The van der Waals surface area contributed by atoms with Crippen molar-refractivity contribution >= 4 is 40.8 Å². The summed E-state index contributed by atoms with van der Waals surface area (Å²) in [5.41, 5.74) is 11.5. The van der Waals surface area contributed by atoms with Gasteiger partial charge >= 0.3 is 12.1 Å². The van der Waals surface area contributed by atoms with Gasteiger partial charge in [0.1, 0.15) is 17.9 Å². The number of carbonyl (C=O) groups is 2. The Morgan fingerprint density at radius 2 is 2.07 bits per heavy atom. The fourth-order valence-corrected chi connectivity index (χ4v) is 2.48. The van der Waals surface area contributed by atoms with Crippen LogP contribution in [-0.4, -0.2) is 61.8 Å². The van der Waals surface area contributed by atoms with Gasteiger partial charge in [-0.15, -0.1) is 0 Å². The average Bonchev–Trinajstić information content (AvgIpc) is 3.05. The molecule has 0 aromatic carbocycles. The second kappa shape index (κ2) is 10.3. The van der Waals surface area contributed by atoms with E-state index in [4.69, 9.17) is 32.9 Å². The van der Waals surface area contributed by atoms with Crippen LogP contribution in [0.15, 0.2) is 17.6 Å². The summed E-state index contributed by atoms with van der Waals surface area (Å²) in [5.74, 6) is -1.53. The van der Waals surface area contributed by atoms with E-state index in [1.54, 1.807) is 6.33 Å². The van der Waals surface area contributed by atoms with Crippen molar-refractivity contribution in [3.63, 3.8) is 0 Å². The second-order valence-electron chi connectivity index (χ2n) is 5.77. The number of imidazole rings is 1. The van der Waals surface area contributed by atoms with Crippen molar-refractivity contribution in [1.82, 2.24) is 24.8 Å². The fourth-order valence-electron chi connectivity index (χ4n) is 2.31. The lowest BCUT2D eigenvalue weighted by atomic mass is 10.2. The Labute approximate surface area is 164 Å². The van der Waals surface area contributed by atoms with Gasteiger partial charge in [-0.05, 0) is 19.3 Å². The van der Waals surface area contributed by atoms with Crippen molar-refractivity contribution in [2.45, 2.75) is 31.8 Å². The topological polar surface area (TPSA) is 184 Å². The number of aromatic nitrogens is 4. The number of aliphatic imine (C=N–C) groups is 1. The Morgan fingerprint density at radius 3 is 2.79 bits per heavy atom. The monoisotopic (exact) mass is 412 g/mol. The number of carboxylic acid groups (broad SMARTS) is 1. The summed E-state index contributed by atoms with van der Waals surface area (Å²) >= 11 is 5.96. The summed E-state index contributed by atoms with van der Waals surface area (Å²) in [6, 6.07) is -1.27. The fraction of sp³-hybridized carbons (Fsp3) is 0.467. The number of alkyl carbamates (subject to hydrolysis) is 1. The molecule has 152 valence electrons. The molecule has 0 saturated carbocycles. The molecule has 12 nitrogen and oxygen atoms in total. The molecule has 6 N–H and O–H groups in total. The van der Waals surface area contributed by atoms with Gasteiger partial charge in [-0.25, -0.2) is 24.5 Å². The van der Waals surface area contributed by atoms with Gasteiger partial charge in [-0.2, -0.15) is 0 Å². The summed E-state index contributed by atoms with van der Waals surface area (Å²) < 4.78 is 6.84. The SMILES string of the molecule is NC(N)=NCC(NC(=O)OCCCCCn1cnc2c(Cl)ncnc21)C(=O)O. The van der Waals surface area contributed by atoms with Crippen LogP contribution in [0.2, 0.25) is 5.15 Å². The molecule has 0 bridgehead atoms. The summed E-state index contributed by atoms with van der Waals surface area (Å²) in [5, 5.41) is 11.5. The Morgan fingerprint density at radius 1 is 1.29 bits per heavy atom. The minimum atomic E-state index is -1.27. The molecule has 1 unspecified atom stereocenters. The number of carboxylic acids is 1. The van der Waals surface area contributed by atoms with Crippen LogP contribution in [0.3, 0.4) is 0 Å². The molecule has 0 saturated heterocycles. The molecule has 2 aromatic rings. The van der Waals surface area contributed by atoms with Crippen molar-refractivity contribution in [3.8, 4) is 0 Å². The lowest BCUT2D eigenvalue weighted by Crippen LogP contribution is -2.44. The Hall–Kier alpha value is -3.15. The molecule has 1 amide bonds. The van der Waals surface area contributed by atoms with Crippen LogP contribution in [0.1, 0.15) is 19.3 Å². The zero-order valence-electron chi connectivity index (χ0n) is 14.9. The smallest absolute Gasteiger partial charge is 0.407 e. The number of carbonyl (C=O) groups excluding carboxylic acids is 1. The Balaban J connectivity index is 1.66. The van der Waals surface area contributed by atoms with Gasteiger partial charge < -0.3 is 31.2 Å². The van der Waals surface area contributed by atoms with Crippen molar-refractivity contribution in [1.29, 1.82) is 0 Å². The maximum atomic E-state index is 11.7. The van der Waals surface area contributed by atoms with Gasteiger partial charge in [0.15, 0.2) is 16.8 Å². The van der Waals surface area contributed by atoms with Crippen molar-refractivity contribution < 1.29 is 19.4 Å². The highest BCUT2D eigenvalue weighted by Crippen LogP contribution is 2.17. The molecule has 0 radical (unpaired) electrons. The molecule has 13 heteroatoms. The molecular formula is C15H21ClN8O4. The molecule has 0 fully saturated rings. The second-order valence-corrected chi connectivity index (χ2v) is 6.13. The normalized spacial score (nSPS) is 11.8. The van der Waals surface area contributed by atoms with Gasteiger partial charge in [0.05, 0.1) is 19.5 Å². The number of unbranched alkanes of at least 4 members (excludes halogenated alkanes) is 2. The molecule has 0 aliphatic rings. The first-order chi connectivity index (χ1) is 13.4. The van der Waals surface area contributed by atoms with Gasteiger partial charge in [0, 0.05) is 6.54 Å². The zero-order valence-corrected chi connectivity index (χ0v) is 15.7. The predicted molar refractivity (Wildman–Crippen MR) is 101 cm³/mol. The van der Waals surface area contributed by atoms with Crippen molar-refractivity contribution in [2.75, 3.05) is 13.2 Å². The molecule has 2 rings (SSSR count). The summed E-state index contributed by atoms with van der Waals surface area (Å²) in [4.78, 5) is 38.5. The number of aliphatic carboxylic acids is 1. The number of nitrogens with zero attached hydrogens (tertiary/aromatic N) is 5. The number of hydrogen-bond acceptors (Lipinski definition) is 7. The molecule has 0 aliphatic carbocycles. The third-order valence-corrected chi connectivity index (χ3v) is 3.96. The van der Waals surface area contributed by atoms with Crippen LogP contribution in [0.4, 0.5) is 4.79 Å². The number of halogens is 1. The first-order valence-corrected chi connectivity index (χ1v) is 8.79. The first kappa shape index (κ1) is 21.2. The largest absolute Gasteiger partial charge is 0.480 e. The standard InChI is InChI=1S/C15H21ClN8O4/c16-11-10-12(21-7-20-11)24(8-22-10)4-2-1-3-5-28-15(27)23-9(13(25)26)6-19-14(17)18/h7-9H,1-6H2,(H,23,27)(H,25,26)(H4,17,18,19). The highest BCUT2D eigenvalue weighted by atomic mass is 35.5. The lowest BCUT2D eigenvalue weighted by molar-refractivity contribution is -0.139. The number of rotatable bonds is 10. The summed E-state index contributed by atoms with van der Waals surface area (Å²) in [7, 11) is 0. The van der Waals surface area contributed by atoms with E-state index >= 15 is 0 Å². The molecule has 1 atom stereocenters.